The molecule has 2 rings (SSSR count). The molecule has 0 aliphatic heterocycles. The van der Waals surface area contributed by atoms with Crippen LogP contribution in [0.3, 0.4) is 0 Å². The summed E-state index contributed by atoms with van der Waals surface area (Å²) >= 11 is 4.90. The fourth-order valence-electron chi connectivity index (χ4n) is 1.55. The Morgan fingerprint density at radius 1 is 1.20 bits per heavy atom. The largest absolute Gasteiger partial charge is 0.423 e. The first-order chi connectivity index (χ1) is 9.44. The minimum atomic E-state index is -0.286. The van der Waals surface area contributed by atoms with Crippen molar-refractivity contribution in [3.63, 3.8) is 0 Å². The normalized spacial score (nSPS) is 10.1. The number of aromatic nitrogens is 1. The SMILES string of the molecule is CC(=O)NC(=S)Nc1nc2ccc(NC(C)=O)cc2o1. The van der Waals surface area contributed by atoms with Crippen LogP contribution in [0.15, 0.2) is 22.6 Å². The lowest BCUT2D eigenvalue weighted by Gasteiger charge is -2.02. The number of rotatable bonds is 2. The molecule has 8 heteroatoms. The molecule has 3 N–H and O–H groups in total. The van der Waals surface area contributed by atoms with Gasteiger partial charge in [-0.05, 0) is 24.4 Å². The van der Waals surface area contributed by atoms with Gasteiger partial charge in [0.05, 0.1) is 0 Å². The van der Waals surface area contributed by atoms with E-state index in [1.807, 2.05) is 0 Å². The number of hydrogen-bond acceptors (Lipinski definition) is 5. The second-order valence-corrected chi connectivity index (χ2v) is 4.43. The summed E-state index contributed by atoms with van der Waals surface area (Å²) in [5.41, 5.74) is 1.70. The standard InChI is InChI=1S/C12H12N4O3S/c1-6(17)13-8-3-4-9-10(5-8)19-11(15-9)16-12(20)14-7(2)18/h3-5H,1-2H3,(H,13,17)(H2,14,15,16,18,20). The minimum absolute atomic E-state index is 0.103. The zero-order valence-electron chi connectivity index (χ0n) is 10.8. The number of amides is 2. The number of anilines is 2. The quantitative estimate of drug-likeness (QED) is 0.728. The number of carbonyl (C=O) groups excluding carboxylic acids is 2. The summed E-state index contributed by atoms with van der Waals surface area (Å²) in [6.07, 6.45) is 0. The van der Waals surface area contributed by atoms with Crippen LogP contribution in [0.4, 0.5) is 11.7 Å². The van der Waals surface area contributed by atoms with E-state index in [1.54, 1.807) is 18.2 Å². The molecule has 0 radical (unpaired) electrons. The van der Waals surface area contributed by atoms with Crippen LogP contribution in [0.1, 0.15) is 13.8 Å². The number of hydrogen-bond donors (Lipinski definition) is 3. The Hall–Kier alpha value is -2.48. The van der Waals surface area contributed by atoms with E-state index in [0.717, 1.165) is 0 Å². The summed E-state index contributed by atoms with van der Waals surface area (Å²) in [5.74, 6) is -0.458. The molecule has 0 aliphatic carbocycles. The molecule has 1 aromatic carbocycles. The molecular weight excluding hydrogens is 280 g/mol. The molecule has 0 aliphatic rings. The number of nitrogens with zero attached hydrogens (tertiary/aromatic N) is 1. The first kappa shape index (κ1) is 13.9. The second-order valence-electron chi connectivity index (χ2n) is 4.02. The molecule has 1 heterocycles. The Bertz CT molecular complexity index is 695. The van der Waals surface area contributed by atoms with Crippen molar-refractivity contribution in [2.45, 2.75) is 13.8 Å². The molecule has 0 atom stereocenters. The van der Waals surface area contributed by atoms with Gasteiger partial charge in [0.15, 0.2) is 10.7 Å². The van der Waals surface area contributed by atoms with Gasteiger partial charge in [0.25, 0.3) is 0 Å². The molecule has 1 aromatic heterocycles. The van der Waals surface area contributed by atoms with Gasteiger partial charge >= 0.3 is 6.01 Å². The maximum Gasteiger partial charge on any atom is 0.302 e. The summed E-state index contributed by atoms with van der Waals surface area (Å²) in [4.78, 5) is 26.0. The van der Waals surface area contributed by atoms with Gasteiger partial charge in [-0.25, -0.2) is 0 Å². The third kappa shape index (κ3) is 3.51. The second kappa shape index (κ2) is 5.66. The van der Waals surface area contributed by atoms with E-state index in [2.05, 4.69) is 20.9 Å². The summed E-state index contributed by atoms with van der Waals surface area (Å²) < 4.78 is 5.43. The van der Waals surface area contributed by atoms with Gasteiger partial charge < -0.3 is 15.1 Å². The summed E-state index contributed by atoms with van der Waals surface area (Å²) in [7, 11) is 0. The van der Waals surface area contributed by atoms with Crippen molar-refractivity contribution in [3.8, 4) is 0 Å². The number of benzene rings is 1. The Balaban J connectivity index is 2.18. The smallest absolute Gasteiger partial charge is 0.302 e. The third-order valence-corrected chi connectivity index (χ3v) is 2.42. The minimum Gasteiger partial charge on any atom is -0.423 e. The van der Waals surface area contributed by atoms with Crippen molar-refractivity contribution in [2.24, 2.45) is 0 Å². The fourth-order valence-corrected chi connectivity index (χ4v) is 1.78. The lowest BCUT2D eigenvalue weighted by atomic mass is 10.3. The van der Waals surface area contributed by atoms with Gasteiger partial charge in [-0.1, -0.05) is 0 Å². The maximum atomic E-state index is 11.0. The first-order valence-electron chi connectivity index (χ1n) is 5.71. The lowest BCUT2D eigenvalue weighted by Crippen LogP contribution is -2.32. The highest BCUT2D eigenvalue weighted by molar-refractivity contribution is 7.80. The van der Waals surface area contributed by atoms with Crippen molar-refractivity contribution in [2.75, 3.05) is 10.6 Å². The van der Waals surface area contributed by atoms with E-state index in [9.17, 15) is 9.59 Å². The number of carbonyl (C=O) groups is 2. The van der Waals surface area contributed by atoms with Crippen LogP contribution in [-0.4, -0.2) is 21.9 Å². The van der Waals surface area contributed by atoms with Crippen LogP contribution in [0.5, 0.6) is 0 Å². The Labute approximate surface area is 119 Å². The van der Waals surface area contributed by atoms with Crippen LogP contribution in [0, 0.1) is 0 Å². The fraction of sp³-hybridized carbons (Fsp3) is 0.167. The molecule has 2 amide bonds. The first-order valence-corrected chi connectivity index (χ1v) is 6.11. The number of nitrogens with one attached hydrogen (secondary N) is 3. The van der Waals surface area contributed by atoms with Gasteiger partial charge in [0, 0.05) is 25.6 Å². The predicted molar refractivity (Wildman–Crippen MR) is 78.4 cm³/mol. The van der Waals surface area contributed by atoms with Gasteiger partial charge in [0.2, 0.25) is 11.8 Å². The third-order valence-electron chi connectivity index (χ3n) is 2.22. The van der Waals surface area contributed by atoms with Crippen LogP contribution >= 0.6 is 12.2 Å². The molecule has 0 bridgehead atoms. The van der Waals surface area contributed by atoms with Crippen LogP contribution in [0.25, 0.3) is 11.1 Å². The van der Waals surface area contributed by atoms with Gasteiger partial charge in [-0.3, -0.25) is 14.9 Å². The topological polar surface area (TPSA) is 96.3 Å². The Morgan fingerprint density at radius 2 is 1.95 bits per heavy atom. The Kier molecular flexibility index (Phi) is 3.94. The van der Waals surface area contributed by atoms with E-state index in [1.165, 1.54) is 13.8 Å². The number of oxazole rings is 1. The highest BCUT2D eigenvalue weighted by Crippen LogP contribution is 2.22. The van der Waals surface area contributed by atoms with Crippen molar-refractivity contribution in [1.29, 1.82) is 0 Å². The highest BCUT2D eigenvalue weighted by Gasteiger charge is 2.09. The van der Waals surface area contributed by atoms with E-state index in [0.29, 0.717) is 16.8 Å². The molecule has 0 spiro atoms. The molecular formula is C12H12N4O3S. The van der Waals surface area contributed by atoms with Gasteiger partial charge in [-0.2, -0.15) is 4.98 Å². The van der Waals surface area contributed by atoms with Crippen molar-refractivity contribution in [1.82, 2.24) is 10.3 Å². The average Bonchev–Trinajstić information content (AvgIpc) is 2.67. The summed E-state index contributed by atoms with van der Waals surface area (Å²) in [5, 5.41) is 7.80. The molecule has 0 saturated heterocycles. The predicted octanol–water partition coefficient (Wildman–Crippen LogP) is 1.62. The van der Waals surface area contributed by atoms with Crippen molar-refractivity contribution < 1.29 is 14.0 Å². The van der Waals surface area contributed by atoms with Crippen LogP contribution in [0.2, 0.25) is 0 Å². The highest BCUT2D eigenvalue weighted by atomic mass is 32.1. The zero-order chi connectivity index (χ0) is 14.7. The van der Waals surface area contributed by atoms with Gasteiger partial charge in [0.1, 0.15) is 5.52 Å². The molecule has 0 fully saturated rings. The van der Waals surface area contributed by atoms with E-state index in [4.69, 9.17) is 16.6 Å². The molecule has 0 saturated carbocycles. The van der Waals surface area contributed by atoms with Crippen LogP contribution in [-0.2, 0) is 9.59 Å². The molecule has 104 valence electrons. The summed E-state index contributed by atoms with van der Waals surface area (Å²) in [6, 6.07) is 5.23. The van der Waals surface area contributed by atoms with Crippen molar-refractivity contribution >= 4 is 51.9 Å². The molecule has 7 nitrogen and oxygen atoms in total. The van der Waals surface area contributed by atoms with Crippen molar-refractivity contribution in [3.05, 3.63) is 18.2 Å². The number of fused-ring (bicyclic) bond motifs is 1. The van der Waals surface area contributed by atoms with Gasteiger partial charge in [-0.15, -0.1) is 0 Å². The monoisotopic (exact) mass is 292 g/mol. The molecule has 20 heavy (non-hydrogen) atoms. The Morgan fingerprint density at radius 3 is 2.60 bits per heavy atom. The lowest BCUT2D eigenvalue weighted by molar-refractivity contribution is -0.117. The maximum absolute atomic E-state index is 11.0. The van der Waals surface area contributed by atoms with Crippen LogP contribution < -0.4 is 16.0 Å². The number of thiocarbonyl (C=S) groups is 1. The van der Waals surface area contributed by atoms with E-state index >= 15 is 0 Å². The van der Waals surface area contributed by atoms with E-state index < -0.39 is 0 Å². The molecule has 0 unspecified atom stereocenters. The average molecular weight is 292 g/mol. The molecule has 2 aromatic rings. The zero-order valence-corrected chi connectivity index (χ0v) is 11.6. The van der Waals surface area contributed by atoms with E-state index in [-0.39, 0.29) is 22.9 Å². The summed E-state index contributed by atoms with van der Waals surface area (Å²) in [6.45, 7) is 2.77.